The molecule has 0 aromatic rings. The van der Waals surface area contributed by atoms with Crippen LogP contribution in [0.3, 0.4) is 0 Å². The molecule has 0 bridgehead atoms. The van der Waals surface area contributed by atoms with Gasteiger partial charge >= 0.3 is 5.97 Å². The van der Waals surface area contributed by atoms with Gasteiger partial charge in [0.25, 0.3) is 3.79 Å². The average molecular weight is 246 g/mol. The fourth-order valence-electron chi connectivity index (χ4n) is 0.678. The Morgan fingerprint density at radius 3 is 2.31 bits per heavy atom. The maximum absolute atomic E-state index is 11.0. The largest absolute Gasteiger partial charge is 0.428 e. The highest BCUT2D eigenvalue weighted by Gasteiger charge is 2.33. The van der Waals surface area contributed by atoms with Gasteiger partial charge < -0.3 is 4.74 Å². The molecule has 5 heteroatoms. The van der Waals surface area contributed by atoms with Crippen molar-refractivity contribution >= 4 is 40.8 Å². The van der Waals surface area contributed by atoms with Crippen LogP contribution >= 0.6 is 34.8 Å². The second-order valence-electron chi connectivity index (χ2n) is 2.39. The van der Waals surface area contributed by atoms with Gasteiger partial charge in [-0.25, -0.2) is 4.79 Å². The first-order valence-electron chi connectivity index (χ1n) is 3.86. The molecule has 0 aromatic carbocycles. The summed E-state index contributed by atoms with van der Waals surface area (Å²) in [4.78, 5) is 11.0. The molecule has 0 saturated heterocycles. The van der Waals surface area contributed by atoms with Crippen molar-refractivity contribution in [2.75, 3.05) is 0 Å². The summed E-state index contributed by atoms with van der Waals surface area (Å²) in [6.07, 6.45) is 3.20. The third-order valence-corrected chi connectivity index (χ3v) is 1.74. The maximum atomic E-state index is 11.0. The highest BCUT2D eigenvalue weighted by Crippen LogP contribution is 2.28. The highest BCUT2D eigenvalue weighted by atomic mass is 35.6. The van der Waals surface area contributed by atoms with Gasteiger partial charge in [0.15, 0.2) is 0 Å². The first-order valence-corrected chi connectivity index (χ1v) is 4.99. The highest BCUT2D eigenvalue weighted by molar-refractivity contribution is 6.75. The summed E-state index contributed by atoms with van der Waals surface area (Å²) < 4.78 is 2.83. The van der Waals surface area contributed by atoms with Crippen molar-refractivity contribution in [3.05, 3.63) is 11.8 Å². The van der Waals surface area contributed by atoms with Crippen molar-refractivity contribution in [2.24, 2.45) is 0 Å². The Bertz CT molecular complexity index is 206. The summed E-state index contributed by atoms with van der Waals surface area (Å²) in [7, 11) is 0. The zero-order valence-electron chi connectivity index (χ0n) is 7.44. The number of carbonyl (C=O) groups is 1. The minimum absolute atomic E-state index is 0.527. The number of carbonyl (C=O) groups excluding carboxylic acids is 1. The second-order valence-corrected chi connectivity index (χ2v) is 4.67. The Morgan fingerprint density at radius 2 is 2.00 bits per heavy atom. The summed E-state index contributed by atoms with van der Waals surface area (Å²) in [6, 6.07) is 0. The predicted octanol–water partition coefficient (Wildman–Crippen LogP) is 3.60. The molecule has 2 nitrogen and oxygen atoms in total. The van der Waals surface area contributed by atoms with E-state index in [-0.39, 0.29) is 0 Å². The van der Waals surface area contributed by atoms with E-state index < -0.39 is 9.76 Å². The minimum atomic E-state index is -2.00. The molecule has 0 heterocycles. The summed E-state index contributed by atoms with van der Waals surface area (Å²) >= 11 is 15.9. The van der Waals surface area contributed by atoms with E-state index in [1.54, 1.807) is 13.0 Å². The quantitative estimate of drug-likeness (QED) is 0.431. The minimum Gasteiger partial charge on any atom is -0.428 e. The van der Waals surface area contributed by atoms with Crippen LogP contribution in [0.15, 0.2) is 11.8 Å². The molecule has 0 amide bonds. The Balaban J connectivity index is 4.19. The van der Waals surface area contributed by atoms with E-state index in [0.717, 1.165) is 6.42 Å². The monoisotopic (exact) mass is 244 g/mol. The van der Waals surface area contributed by atoms with Crippen molar-refractivity contribution in [1.29, 1.82) is 0 Å². The molecule has 0 fully saturated rings. The van der Waals surface area contributed by atoms with Gasteiger partial charge in [0, 0.05) is 6.42 Å². The zero-order chi connectivity index (χ0) is 10.5. The fraction of sp³-hybridized carbons (Fsp3) is 0.625. The van der Waals surface area contributed by atoms with E-state index in [0.29, 0.717) is 12.2 Å². The van der Waals surface area contributed by atoms with Crippen LogP contribution in [0.4, 0.5) is 0 Å². The Kier molecular flexibility index (Phi) is 5.77. The first kappa shape index (κ1) is 13.1. The van der Waals surface area contributed by atoms with Crippen LogP contribution in [-0.2, 0) is 9.53 Å². The standard InChI is InChI=1S/C8H11Cl3O2/c1-3-5-6(4-2)13-7(12)8(9,10)11/h4H,3,5H2,1-2H3/b6-4+. The number of esters is 1. The molecule has 0 aromatic heterocycles. The molecular formula is C8H11Cl3O2. The molecule has 13 heavy (non-hydrogen) atoms. The summed E-state index contributed by atoms with van der Waals surface area (Å²) in [5.74, 6) is -0.335. The molecule has 0 unspecified atom stereocenters. The van der Waals surface area contributed by atoms with Gasteiger partial charge in [-0.05, 0) is 19.4 Å². The van der Waals surface area contributed by atoms with Gasteiger partial charge in [0.05, 0.1) is 0 Å². The van der Waals surface area contributed by atoms with Gasteiger partial charge in [-0.2, -0.15) is 0 Å². The first-order chi connectivity index (χ1) is 5.91. The Morgan fingerprint density at radius 1 is 1.46 bits per heavy atom. The number of hydrogen-bond donors (Lipinski definition) is 0. The Hall–Kier alpha value is 0.0800. The molecule has 0 aliphatic rings. The van der Waals surface area contributed by atoms with Crippen LogP contribution in [-0.4, -0.2) is 9.76 Å². The van der Waals surface area contributed by atoms with Crippen molar-refractivity contribution in [1.82, 2.24) is 0 Å². The van der Waals surface area contributed by atoms with Crippen molar-refractivity contribution in [3.63, 3.8) is 0 Å². The summed E-state index contributed by atoms with van der Waals surface area (Å²) in [6.45, 7) is 3.73. The molecule has 0 aliphatic heterocycles. The lowest BCUT2D eigenvalue weighted by molar-refractivity contribution is -0.138. The van der Waals surface area contributed by atoms with Gasteiger partial charge in [-0.1, -0.05) is 41.7 Å². The van der Waals surface area contributed by atoms with E-state index in [1.807, 2.05) is 6.92 Å². The van der Waals surface area contributed by atoms with Crippen LogP contribution in [0, 0.1) is 0 Å². The van der Waals surface area contributed by atoms with Crippen LogP contribution in [0.2, 0.25) is 0 Å². The smallest absolute Gasteiger partial charge is 0.363 e. The SMILES string of the molecule is C/C=C(\CCC)OC(=O)C(Cl)(Cl)Cl. The van der Waals surface area contributed by atoms with Crippen molar-refractivity contribution in [2.45, 2.75) is 30.5 Å². The summed E-state index contributed by atoms with van der Waals surface area (Å²) in [5.41, 5.74) is 0. The van der Waals surface area contributed by atoms with Gasteiger partial charge in [0.1, 0.15) is 5.76 Å². The predicted molar refractivity (Wildman–Crippen MR) is 55.0 cm³/mol. The molecule has 0 radical (unpaired) electrons. The van der Waals surface area contributed by atoms with Crippen LogP contribution in [0.1, 0.15) is 26.7 Å². The van der Waals surface area contributed by atoms with Crippen molar-refractivity contribution < 1.29 is 9.53 Å². The van der Waals surface area contributed by atoms with E-state index >= 15 is 0 Å². The number of hydrogen-bond acceptors (Lipinski definition) is 2. The second kappa shape index (κ2) is 5.74. The van der Waals surface area contributed by atoms with E-state index in [2.05, 4.69) is 0 Å². The molecule has 76 valence electrons. The van der Waals surface area contributed by atoms with Crippen molar-refractivity contribution in [3.8, 4) is 0 Å². The molecule has 0 atom stereocenters. The Labute approximate surface area is 92.8 Å². The van der Waals surface area contributed by atoms with Crippen LogP contribution < -0.4 is 0 Å². The molecule has 0 N–H and O–H groups in total. The molecule has 0 spiro atoms. The lowest BCUT2D eigenvalue weighted by Gasteiger charge is -2.11. The lowest BCUT2D eigenvalue weighted by Crippen LogP contribution is -2.21. The number of alkyl halides is 3. The van der Waals surface area contributed by atoms with Gasteiger partial charge in [-0.3, -0.25) is 0 Å². The number of halogens is 3. The molecule has 0 aliphatic carbocycles. The number of rotatable bonds is 3. The van der Waals surface area contributed by atoms with Gasteiger partial charge in [0.2, 0.25) is 0 Å². The molecule has 0 saturated carbocycles. The van der Waals surface area contributed by atoms with Crippen LogP contribution in [0.5, 0.6) is 0 Å². The third kappa shape index (κ3) is 5.40. The average Bonchev–Trinajstić information content (AvgIpc) is 2.01. The fourth-order valence-corrected chi connectivity index (χ4v) is 0.793. The number of allylic oxidation sites excluding steroid dienone is 2. The van der Waals surface area contributed by atoms with Gasteiger partial charge in [-0.15, -0.1) is 0 Å². The summed E-state index contributed by atoms with van der Waals surface area (Å²) in [5, 5.41) is 0. The van der Waals surface area contributed by atoms with E-state index in [4.69, 9.17) is 39.5 Å². The normalized spacial score (nSPS) is 12.8. The van der Waals surface area contributed by atoms with E-state index in [1.165, 1.54) is 0 Å². The molecular weight excluding hydrogens is 234 g/mol. The molecule has 0 rings (SSSR count). The number of ether oxygens (including phenoxy) is 1. The van der Waals surface area contributed by atoms with E-state index in [9.17, 15) is 4.79 Å². The topological polar surface area (TPSA) is 26.3 Å². The van der Waals surface area contributed by atoms with Crippen LogP contribution in [0.25, 0.3) is 0 Å². The zero-order valence-corrected chi connectivity index (χ0v) is 9.71. The lowest BCUT2D eigenvalue weighted by atomic mass is 10.3. The maximum Gasteiger partial charge on any atom is 0.363 e. The third-order valence-electron chi connectivity index (χ3n) is 1.27.